The van der Waals surface area contributed by atoms with Crippen molar-refractivity contribution in [2.75, 3.05) is 27.2 Å². The summed E-state index contributed by atoms with van der Waals surface area (Å²) in [7, 11) is 4.45. The van der Waals surface area contributed by atoms with Gasteiger partial charge in [0.05, 0.1) is 0 Å². The number of rotatable bonds is 8. The van der Waals surface area contributed by atoms with Crippen LogP contribution in [-0.4, -0.2) is 38.1 Å². The Bertz CT molecular complexity index is 227. The lowest BCUT2D eigenvalue weighted by Gasteiger charge is -2.38. The van der Waals surface area contributed by atoms with Crippen LogP contribution in [0.15, 0.2) is 0 Å². The minimum atomic E-state index is 0.745. The van der Waals surface area contributed by atoms with Crippen LogP contribution in [-0.2, 0) is 0 Å². The first-order valence-electron chi connectivity index (χ1n) is 8.42. The topological polar surface area (TPSA) is 15.3 Å². The summed E-state index contributed by atoms with van der Waals surface area (Å²) in [6.45, 7) is 9.50. The molecule has 0 aromatic rings. The van der Waals surface area contributed by atoms with Crippen LogP contribution in [0, 0.1) is 17.8 Å². The van der Waals surface area contributed by atoms with Crippen LogP contribution in [0.4, 0.5) is 0 Å². The van der Waals surface area contributed by atoms with E-state index in [1.165, 1.54) is 51.6 Å². The second-order valence-corrected chi connectivity index (χ2v) is 7.07. The lowest BCUT2D eigenvalue weighted by molar-refractivity contribution is 0.151. The van der Waals surface area contributed by atoms with Crippen LogP contribution in [0.3, 0.4) is 0 Å². The molecule has 1 rings (SSSR count). The molecule has 2 heteroatoms. The molecule has 0 saturated heterocycles. The van der Waals surface area contributed by atoms with Crippen molar-refractivity contribution in [3.63, 3.8) is 0 Å². The van der Waals surface area contributed by atoms with Crippen molar-refractivity contribution in [3.8, 4) is 0 Å². The highest BCUT2D eigenvalue weighted by atomic mass is 15.1. The number of hydrogen-bond donors (Lipinski definition) is 1. The smallest absolute Gasteiger partial charge is 0.0105 e. The number of hydrogen-bond acceptors (Lipinski definition) is 2. The molecule has 0 aromatic heterocycles. The molecule has 1 N–H and O–H groups in total. The van der Waals surface area contributed by atoms with Crippen LogP contribution in [0.1, 0.15) is 59.3 Å². The van der Waals surface area contributed by atoms with Gasteiger partial charge in [-0.2, -0.15) is 0 Å². The molecule has 0 aliphatic heterocycles. The van der Waals surface area contributed by atoms with Gasteiger partial charge >= 0.3 is 0 Å². The summed E-state index contributed by atoms with van der Waals surface area (Å²) in [5, 5.41) is 3.56. The highest BCUT2D eigenvalue weighted by Gasteiger charge is 2.29. The SMILES string of the molecule is CCCC1CCC(NC)C(CN(C)CCC(C)C)C1. The summed E-state index contributed by atoms with van der Waals surface area (Å²) in [5.74, 6) is 2.66. The van der Waals surface area contributed by atoms with Gasteiger partial charge in [0.15, 0.2) is 0 Å². The second-order valence-electron chi connectivity index (χ2n) is 7.07. The van der Waals surface area contributed by atoms with Crippen molar-refractivity contribution >= 4 is 0 Å². The zero-order valence-electron chi connectivity index (χ0n) is 13.9. The third-order valence-corrected chi connectivity index (χ3v) is 4.79. The predicted octanol–water partition coefficient (Wildman–Crippen LogP) is 3.77. The van der Waals surface area contributed by atoms with Gasteiger partial charge in [0.2, 0.25) is 0 Å². The molecule has 2 nitrogen and oxygen atoms in total. The Morgan fingerprint density at radius 2 is 2.00 bits per heavy atom. The summed E-state index contributed by atoms with van der Waals surface area (Å²) in [6, 6.07) is 0.745. The van der Waals surface area contributed by atoms with E-state index >= 15 is 0 Å². The van der Waals surface area contributed by atoms with E-state index in [-0.39, 0.29) is 0 Å². The van der Waals surface area contributed by atoms with Gasteiger partial charge in [-0.1, -0.05) is 33.6 Å². The lowest BCUT2D eigenvalue weighted by atomic mass is 9.76. The van der Waals surface area contributed by atoms with Crippen LogP contribution in [0.2, 0.25) is 0 Å². The van der Waals surface area contributed by atoms with Crippen molar-refractivity contribution in [2.24, 2.45) is 17.8 Å². The maximum atomic E-state index is 3.56. The van der Waals surface area contributed by atoms with Gasteiger partial charge in [0.25, 0.3) is 0 Å². The quantitative estimate of drug-likeness (QED) is 0.721. The van der Waals surface area contributed by atoms with Crippen LogP contribution in [0.25, 0.3) is 0 Å². The van der Waals surface area contributed by atoms with Gasteiger partial charge in [-0.25, -0.2) is 0 Å². The molecular formula is C17H36N2. The average Bonchev–Trinajstić information content (AvgIpc) is 2.37. The predicted molar refractivity (Wildman–Crippen MR) is 85.5 cm³/mol. The fraction of sp³-hybridized carbons (Fsp3) is 1.00. The Balaban J connectivity index is 2.41. The minimum absolute atomic E-state index is 0.745. The van der Waals surface area contributed by atoms with E-state index < -0.39 is 0 Å². The Hall–Kier alpha value is -0.0800. The molecule has 0 aromatic carbocycles. The molecule has 3 atom stereocenters. The second kappa shape index (κ2) is 8.97. The van der Waals surface area contributed by atoms with Gasteiger partial charge in [0.1, 0.15) is 0 Å². The first kappa shape index (κ1) is 17.0. The molecular weight excluding hydrogens is 232 g/mol. The molecule has 114 valence electrons. The first-order chi connectivity index (χ1) is 9.06. The zero-order valence-corrected chi connectivity index (χ0v) is 13.9. The van der Waals surface area contributed by atoms with Crippen molar-refractivity contribution in [1.82, 2.24) is 10.2 Å². The molecule has 0 spiro atoms. The van der Waals surface area contributed by atoms with E-state index in [1.807, 2.05) is 0 Å². The Kier molecular flexibility index (Phi) is 8.01. The van der Waals surface area contributed by atoms with Crippen LogP contribution < -0.4 is 5.32 Å². The van der Waals surface area contributed by atoms with E-state index in [9.17, 15) is 0 Å². The van der Waals surface area contributed by atoms with Gasteiger partial charge < -0.3 is 10.2 Å². The van der Waals surface area contributed by atoms with Crippen molar-refractivity contribution in [1.29, 1.82) is 0 Å². The van der Waals surface area contributed by atoms with Gasteiger partial charge in [0, 0.05) is 12.6 Å². The van der Waals surface area contributed by atoms with E-state index in [2.05, 4.69) is 45.1 Å². The fourth-order valence-electron chi connectivity index (χ4n) is 3.58. The molecule has 19 heavy (non-hydrogen) atoms. The van der Waals surface area contributed by atoms with Crippen LogP contribution >= 0.6 is 0 Å². The molecule has 1 fully saturated rings. The fourth-order valence-corrected chi connectivity index (χ4v) is 3.58. The summed E-state index contributed by atoms with van der Waals surface area (Å²) in [6.07, 6.45) is 8.36. The van der Waals surface area contributed by atoms with Crippen molar-refractivity contribution in [2.45, 2.75) is 65.3 Å². The third kappa shape index (κ3) is 6.27. The maximum Gasteiger partial charge on any atom is 0.0105 e. The Labute approximate surface area is 121 Å². The molecule has 0 amide bonds. The largest absolute Gasteiger partial charge is 0.317 e. The summed E-state index contributed by atoms with van der Waals surface area (Å²) >= 11 is 0. The lowest BCUT2D eigenvalue weighted by Crippen LogP contribution is -2.44. The Morgan fingerprint density at radius 3 is 2.58 bits per heavy atom. The molecule has 0 radical (unpaired) electrons. The Morgan fingerprint density at radius 1 is 1.26 bits per heavy atom. The van der Waals surface area contributed by atoms with Crippen molar-refractivity contribution < 1.29 is 0 Å². The van der Waals surface area contributed by atoms with Gasteiger partial charge in [-0.05, 0) is 64.1 Å². The van der Waals surface area contributed by atoms with E-state index in [4.69, 9.17) is 0 Å². The molecule has 0 heterocycles. The molecule has 1 saturated carbocycles. The molecule has 0 bridgehead atoms. The normalized spacial score (nSPS) is 28.3. The first-order valence-corrected chi connectivity index (χ1v) is 8.42. The zero-order chi connectivity index (χ0) is 14.3. The molecule has 1 aliphatic rings. The summed E-state index contributed by atoms with van der Waals surface area (Å²) in [4.78, 5) is 2.56. The van der Waals surface area contributed by atoms with E-state index in [0.29, 0.717) is 0 Å². The van der Waals surface area contributed by atoms with E-state index in [0.717, 1.165) is 23.8 Å². The van der Waals surface area contributed by atoms with Crippen LogP contribution in [0.5, 0.6) is 0 Å². The average molecular weight is 268 g/mol. The molecule has 3 unspecified atom stereocenters. The maximum absolute atomic E-state index is 3.56. The summed E-state index contributed by atoms with van der Waals surface area (Å²) < 4.78 is 0. The standard InChI is InChI=1S/C17H36N2/c1-6-7-15-8-9-17(18-4)16(12-15)13-19(5)11-10-14(2)3/h14-18H,6-13H2,1-5H3. The monoisotopic (exact) mass is 268 g/mol. The van der Waals surface area contributed by atoms with Gasteiger partial charge in [-0.3, -0.25) is 0 Å². The molecule has 1 aliphatic carbocycles. The highest BCUT2D eigenvalue weighted by Crippen LogP contribution is 2.32. The summed E-state index contributed by atoms with van der Waals surface area (Å²) in [5.41, 5.74) is 0. The third-order valence-electron chi connectivity index (χ3n) is 4.79. The van der Waals surface area contributed by atoms with Gasteiger partial charge in [-0.15, -0.1) is 0 Å². The van der Waals surface area contributed by atoms with E-state index in [1.54, 1.807) is 0 Å². The minimum Gasteiger partial charge on any atom is -0.317 e. The number of nitrogens with one attached hydrogen (secondary N) is 1. The highest BCUT2D eigenvalue weighted by molar-refractivity contribution is 4.85. The number of nitrogens with zero attached hydrogens (tertiary/aromatic N) is 1. The van der Waals surface area contributed by atoms with Crippen molar-refractivity contribution in [3.05, 3.63) is 0 Å².